The number of hydrogen-bond acceptors (Lipinski definition) is 7. The van der Waals surface area contributed by atoms with Gasteiger partial charge >= 0.3 is 5.97 Å². The van der Waals surface area contributed by atoms with Crippen LogP contribution < -0.4 is 0 Å². The predicted octanol–water partition coefficient (Wildman–Crippen LogP) is 4.50. The lowest BCUT2D eigenvalue weighted by Gasteiger charge is -1.99. The van der Waals surface area contributed by atoms with Gasteiger partial charge in [0.1, 0.15) is 10.8 Å². The van der Waals surface area contributed by atoms with E-state index in [-0.39, 0.29) is 29.0 Å². The van der Waals surface area contributed by atoms with Crippen LogP contribution in [0.25, 0.3) is 17.5 Å². The fraction of sp³-hybridized carbons (Fsp3) is 0.105. The van der Waals surface area contributed by atoms with Gasteiger partial charge in [0.05, 0.1) is 4.92 Å². The van der Waals surface area contributed by atoms with E-state index >= 15 is 0 Å². The summed E-state index contributed by atoms with van der Waals surface area (Å²) in [6.45, 7) is 1.35. The molecular weight excluding hydrogens is 405 g/mol. The van der Waals surface area contributed by atoms with Crippen molar-refractivity contribution in [1.82, 2.24) is 10.1 Å². The van der Waals surface area contributed by atoms with Crippen molar-refractivity contribution in [1.29, 1.82) is 0 Å². The van der Waals surface area contributed by atoms with Crippen LogP contribution in [-0.2, 0) is 16.1 Å². The lowest BCUT2D eigenvalue weighted by Crippen LogP contribution is -2.01. The normalized spacial score (nSPS) is 11.0. The highest BCUT2D eigenvalue weighted by Crippen LogP contribution is 2.25. The Labute approximate surface area is 168 Å². The van der Waals surface area contributed by atoms with Gasteiger partial charge in [-0.1, -0.05) is 35.0 Å². The minimum absolute atomic E-state index is 0.00428. The van der Waals surface area contributed by atoms with Gasteiger partial charge in [-0.3, -0.25) is 10.1 Å². The number of nitrogens with zero attached hydrogens (tertiary/aromatic N) is 3. The van der Waals surface area contributed by atoms with Crippen LogP contribution in [0.15, 0.2) is 47.0 Å². The highest BCUT2D eigenvalue weighted by molar-refractivity contribution is 6.32. The molecule has 0 saturated carbocycles. The van der Waals surface area contributed by atoms with Crippen LogP contribution in [0.2, 0.25) is 5.02 Å². The number of nitro benzene ring substituents is 1. The van der Waals surface area contributed by atoms with E-state index in [9.17, 15) is 19.3 Å². The number of hydrogen-bond donors (Lipinski definition) is 0. The van der Waals surface area contributed by atoms with E-state index in [2.05, 4.69) is 10.1 Å². The molecule has 0 spiro atoms. The summed E-state index contributed by atoms with van der Waals surface area (Å²) in [5.41, 5.74) is 1.05. The highest BCUT2D eigenvalue weighted by Gasteiger charge is 2.13. The fourth-order valence-corrected chi connectivity index (χ4v) is 2.47. The number of ether oxygens (including phenoxy) is 1. The van der Waals surface area contributed by atoms with Gasteiger partial charge in [0.15, 0.2) is 6.61 Å². The second-order valence-corrected chi connectivity index (χ2v) is 6.29. The van der Waals surface area contributed by atoms with Crippen molar-refractivity contribution < 1.29 is 23.4 Å². The number of benzene rings is 2. The average molecular weight is 418 g/mol. The molecule has 0 bridgehead atoms. The van der Waals surface area contributed by atoms with Crippen molar-refractivity contribution in [3.8, 4) is 11.4 Å². The number of esters is 1. The smallest absolute Gasteiger partial charge is 0.331 e. The predicted molar refractivity (Wildman–Crippen MR) is 101 cm³/mol. The summed E-state index contributed by atoms with van der Waals surface area (Å²) in [5.74, 6) is -0.916. The van der Waals surface area contributed by atoms with Gasteiger partial charge in [0, 0.05) is 17.7 Å². The molecule has 148 valence electrons. The van der Waals surface area contributed by atoms with Gasteiger partial charge in [-0.15, -0.1) is 0 Å². The summed E-state index contributed by atoms with van der Waals surface area (Å²) >= 11 is 5.73. The summed E-state index contributed by atoms with van der Waals surface area (Å²) in [5, 5.41) is 14.6. The van der Waals surface area contributed by atoms with Crippen LogP contribution in [0.5, 0.6) is 0 Å². The maximum Gasteiger partial charge on any atom is 0.331 e. The molecule has 1 heterocycles. The molecule has 0 fully saturated rings. The maximum atomic E-state index is 13.6. The lowest BCUT2D eigenvalue weighted by molar-refractivity contribution is -0.384. The molecule has 0 aliphatic carbocycles. The second-order valence-electron chi connectivity index (χ2n) is 5.88. The Morgan fingerprint density at radius 1 is 1.34 bits per heavy atom. The molecular formula is C19H13ClFN3O5. The third-order valence-electron chi connectivity index (χ3n) is 3.81. The summed E-state index contributed by atoms with van der Waals surface area (Å²) in [4.78, 5) is 26.1. The summed E-state index contributed by atoms with van der Waals surface area (Å²) in [6, 6.07) is 8.63. The van der Waals surface area contributed by atoms with Gasteiger partial charge in [-0.05, 0) is 36.3 Å². The molecule has 0 amide bonds. The van der Waals surface area contributed by atoms with Gasteiger partial charge < -0.3 is 9.26 Å². The quantitative estimate of drug-likeness (QED) is 0.251. The number of rotatable bonds is 6. The molecule has 0 unspecified atom stereocenters. The summed E-state index contributed by atoms with van der Waals surface area (Å²) in [6.07, 6.45) is 2.44. The van der Waals surface area contributed by atoms with Gasteiger partial charge in [-0.2, -0.15) is 4.98 Å². The number of carbonyl (C=O) groups is 1. The monoisotopic (exact) mass is 417 g/mol. The minimum Gasteiger partial charge on any atom is -0.452 e. The number of aryl methyl sites for hydroxylation is 1. The highest BCUT2D eigenvalue weighted by atomic mass is 35.5. The van der Waals surface area contributed by atoms with Crippen LogP contribution in [-0.4, -0.2) is 21.0 Å². The molecule has 0 N–H and O–H groups in total. The third kappa shape index (κ3) is 5.02. The van der Waals surface area contributed by atoms with E-state index in [1.807, 2.05) is 0 Å². The fourth-order valence-electron chi connectivity index (χ4n) is 2.28. The Balaban J connectivity index is 1.60. The number of nitro groups is 1. The van der Waals surface area contributed by atoms with E-state index in [4.69, 9.17) is 20.9 Å². The van der Waals surface area contributed by atoms with E-state index in [1.165, 1.54) is 30.3 Å². The number of aromatic nitrogens is 2. The Morgan fingerprint density at radius 2 is 2.14 bits per heavy atom. The molecule has 0 aliphatic heterocycles. The zero-order valence-electron chi connectivity index (χ0n) is 15.0. The van der Waals surface area contributed by atoms with Crippen LogP contribution in [0.4, 0.5) is 10.1 Å². The molecule has 1 aromatic heterocycles. The molecule has 0 radical (unpaired) electrons. The Hall–Kier alpha value is -3.59. The molecule has 29 heavy (non-hydrogen) atoms. The maximum absolute atomic E-state index is 13.6. The molecule has 8 nitrogen and oxygen atoms in total. The van der Waals surface area contributed by atoms with Gasteiger partial charge in [-0.25, -0.2) is 9.18 Å². The molecule has 3 aromatic rings. The summed E-state index contributed by atoms with van der Waals surface area (Å²) in [7, 11) is 0. The molecule has 0 atom stereocenters. The Morgan fingerprint density at radius 3 is 2.86 bits per heavy atom. The van der Waals surface area contributed by atoms with Crippen molar-refractivity contribution >= 4 is 29.3 Å². The van der Waals surface area contributed by atoms with Crippen LogP contribution in [0.3, 0.4) is 0 Å². The number of halogens is 2. The first-order chi connectivity index (χ1) is 13.8. The first-order valence-electron chi connectivity index (χ1n) is 8.21. The van der Waals surface area contributed by atoms with Crippen molar-refractivity contribution in [2.45, 2.75) is 13.5 Å². The van der Waals surface area contributed by atoms with Gasteiger partial charge in [0.25, 0.3) is 11.6 Å². The summed E-state index contributed by atoms with van der Waals surface area (Å²) < 4.78 is 23.6. The van der Waals surface area contributed by atoms with Gasteiger partial charge in [0.2, 0.25) is 5.82 Å². The molecule has 0 aliphatic rings. The van der Waals surface area contributed by atoms with Crippen molar-refractivity contribution in [3.63, 3.8) is 0 Å². The minimum atomic E-state index is -0.719. The Kier molecular flexibility index (Phi) is 5.99. The number of carbonyl (C=O) groups excluding carboxylic acids is 1. The van der Waals surface area contributed by atoms with E-state index in [1.54, 1.807) is 19.1 Å². The molecule has 2 aromatic carbocycles. The van der Waals surface area contributed by atoms with Crippen LogP contribution >= 0.6 is 11.6 Å². The second kappa shape index (κ2) is 8.61. The average Bonchev–Trinajstić information content (AvgIpc) is 3.16. The van der Waals surface area contributed by atoms with Crippen molar-refractivity contribution in [3.05, 3.63) is 80.4 Å². The Bertz CT molecular complexity index is 1110. The van der Waals surface area contributed by atoms with E-state index in [0.29, 0.717) is 16.7 Å². The van der Waals surface area contributed by atoms with Crippen LogP contribution in [0, 0.1) is 22.9 Å². The van der Waals surface area contributed by atoms with E-state index in [0.717, 1.165) is 6.08 Å². The molecule has 3 rings (SSSR count). The standard InChI is InChI=1S/C19H13ClFN3O5/c1-11-2-5-13(9-15(11)21)19-22-17(29-23-19)10-28-18(25)7-4-12-3-6-14(20)16(8-12)24(26)27/h2-9H,10H2,1H3/b7-4+. The first-order valence-corrected chi connectivity index (χ1v) is 8.59. The molecule has 0 saturated heterocycles. The largest absolute Gasteiger partial charge is 0.452 e. The zero-order valence-corrected chi connectivity index (χ0v) is 15.7. The first kappa shape index (κ1) is 20.2. The third-order valence-corrected chi connectivity index (χ3v) is 4.13. The molecule has 10 heteroatoms. The topological polar surface area (TPSA) is 108 Å². The van der Waals surface area contributed by atoms with E-state index < -0.39 is 16.7 Å². The zero-order chi connectivity index (χ0) is 21.0. The lowest BCUT2D eigenvalue weighted by atomic mass is 10.1. The van der Waals surface area contributed by atoms with Crippen molar-refractivity contribution in [2.75, 3.05) is 0 Å². The van der Waals surface area contributed by atoms with Crippen molar-refractivity contribution in [2.24, 2.45) is 0 Å². The SMILES string of the molecule is Cc1ccc(-c2noc(COC(=O)/C=C/c3ccc(Cl)c([N+](=O)[O-])c3)n2)cc1F. The van der Waals surface area contributed by atoms with Crippen LogP contribution in [0.1, 0.15) is 17.0 Å².